The SMILES string of the molecule is CC(C)C[C@@H](C(=O)N[C@H]1C/C=C\CN(S(=O)(=O)c2ccccn2)CC1=O)c1cccc(-c2ccccc2)c1. The number of ketones is 1. The lowest BCUT2D eigenvalue weighted by Gasteiger charge is -2.27. The fourth-order valence-corrected chi connectivity index (χ4v) is 5.85. The molecule has 0 radical (unpaired) electrons. The van der Waals surface area contributed by atoms with Crippen molar-refractivity contribution in [3.63, 3.8) is 0 Å². The molecule has 3 aromatic rings. The van der Waals surface area contributed by atoms with Gasteiger partial charge in [0.15, 0.2) is 10.8 Å². The molecule has 2 heterocycles. The van der Waals surface area contributed by atoms with Crippen LogP contribution in [0.4, 0.5) is 0 Å². The fraction of sp³-hybridized carbons (Fsp3) is 0.300. The predicted octanol–water partition coefficient (Wildman–Crippen LogP) is 4.58. The van der Waals surface area contributed by atoms with Crippen LogP contribution in [-0.4, -0.2) is 48.5 Å². The van der Waals surface area contributed by atoms with Crippen LogP contribution < -0.4 is 5.32 Å². The normalized spacial score (nSPS) is 18.4. The zero-order valence-electron chi connectivity index (χ0n) is 21.7. The maximum Gasteiger partial charge on any atom is 0.261 e. The Hall–Kier alpha value is -3.62. The summed E-state index contributed by atoms with van der Waals surface area (Å²) in [5, 5.41) is 2.82. The number of sulfonamides is 1. The number of pyridine rings is 1. The Bertz CT molecular complexity index is 1390. The van der Waals surface area contributed by atoms with E-state index in [4.69, 9.17) is 0 Å². The molecule has 0 bridgehead atoms. The van der Waals surface area contributed by atoms with Crippen LogP contribution in [-0.2, 0) is 19.6 Å². The molecule has 0 saturated carbocycles. The fourth-order valence-electron chi connectivity index (χ4n) is 4.56. The molecule has 0 unspecified atom stereocenters. The van der Waals surface area contributed by atoms with Gasteiger partial charge in [-0.1, -0.05) is 86.7 Å². The Kier molecular flexibility index (Phi) is 8.86. The van der Waals surface area contributed by atoms with Crippen molar-refractivity contribution in [3.05, 3.63) is 96.7 Å². The number of nitrogens with zero attached hydrogens (tertiary/aromatic N) is 2. The second-order valence-electron chi connectivity index (χ2n) is 9.87. The number of hydrogen-bond donors (Lipinski definition) is 1. The lowest BCUT2D eigenvalue weighted by molar-refractivity contribution is -0.129. The average molecular weight is 532 g/mol. The number of rotatable bonds is 8. The molecule has 2 atom stereocenters. The average Bonchev–Trinajstić information content (AvgIpc) is 2.92. The second-order valence-corrected chi connectivity index (χ2v) is 11.8. The van der Waals surface area contributed by atoms with Crippen molar-refractivity contribution >= 4 is 21.7 Å². The molecule has 1 aromatic heterocycles. The summed E-state index contributed by atoms with van der Waals surface area (Å²) in [6, 6.07) is 21.7. The summed E-state index contributed by atoms with van der Waals surface area (Å²) < 4.78 is 27.3. The van der Waals surface area contributed by atoms with E-state index in [2.05, 4.69) is 24.1 Å². The molecule has 8 heteroatoms. The van der Waals surface area contributed by atoms with Crippen LogP contribution in [0.3, 0.4) is 0 Å². The van der Waals surface area contributed by atoms with Crippen molar-refractivity contribution in [1.29, 1.82) is 0 Å². The van der Waals surface area contributed by atoms with Crippen molar-refractivity contribution in [1.82, 2.24) is 14.6 Å². The minimum absolute atomic E-state index is 0.0631. The van der Waals surface area contributed by atoms with E-state index in [1.54, 1.807) is 24.3 Å². The van der Waals surface area contributed by atoms with Gasteiger partial charge in [-0.2, -0.15) is 4.31 Å². The zero-order chi connectivity index (χ0) is 27.1. The summed E-state index contributed by atoms with van der Waals surface area (Å²) in [5.41, 5.74) is 2.96. The highest BCUT2D eigenvalue weighted by Crippen LogP contribution is 2.29. The number of hydrogen-bond acceptors (Lipinski definition) is 5. The number of carbonyl (C=O) groups excluding carboxylic acids is 2. The van der Waals surface area contributed by atoms with Crippen LogP contribution in [0, 0.1) is 5.92 Å². The molecular formula is C30H33N3O4S. The Labute approximate surface area is 224 Å². The molecule has 1 aliphatic rings. The van der Waals surface area contributed by atoms with Crippen LogP contribution in [0.1, 0.15) is 38.2 Å². The highest BCUT2D eigenvalue weighted by Gasteiger charge is 2.32. The van der Waals surface area contributed by atoms with E-state index in [1.807, 2.05) is 54.6 Å². The van der Waals surface area contributed by atoms with Crippen LogP contribution >= 0.6 is 0 Å². The Morgan fingerprint density at radius 2 is 1.74 bits per heavy atom. The van der Waals surface area contributed by atoms with Crippen LogP contribution in [0.5, 0.6) is 0 Å². The van der Waals surface area contributed by atoms with E-state index >= 15 is 0 Å². The first-order valence-corrected chi connectivity index (χ1v) is 14.2. The lowest BCUT2D eigenvalue weighted by Crippen LogP contribution is -2.48. The Morgan fingerprint density at radius 1 is 1.00 bits per heavy atom. The van der Waals surface area contributed by atoms with Gasteiger partial charge < -0.3 is 5.32 Å². The van der Waals surface area contributed by atoms with Gasteiger partial charge in [-0.15, -0.1) is 0 Å². The van der Waals surface area contributed by atoms with Gasteiger partial charge in [0.1, 0.15) is 0 Å². The van der Waals surface area contributed by atoms with Gasteiger partial charge in [0.2, 0.25) is 5.91 Å². The maximum atomic E-state index is 13.6. The first kappa shape index (κ1) is 27.4. The summed E-state index contributed by atoms with van der Waals surface area (Å²) in [6.45, 7) is 3.84. The molecule has 1 amide bonds. The molecule has 0 aliphatic carbocycles. The summed E-state index contributed by atoms with van der Waals surface area (Å²) in [6.07, 6.45) is 5.78. The summed E-state index contributed by atoms with van der Waals surface area (Å²) in [5.74, 6) is -0.800. The standard InChI is InChI=1S/C30H33N3O4S/c1-22(2)19-26(25-14-10-13-24(20-25)23-11-4-3-5-12-23)30(35)32-27-15-7-9-18-33(21-28(27)34)38(36,37)29-16-6-8-17-31-29/h3-14,16-17,20,22,26-27H,15,18-19,21H2,1-2H3,(H,32,35)/b9-7-/t26-,27+/m1/s1. The maximum absolute atomic E-state index is 13.6. The number of Topliss-reactive ketones (excluding diaryl/α,β-unsaturated/α-hetero) is 1. The predicted molar refractivity (Wildman–Crippen MR) is 148 cm³/mol. The first-order chi connectivity index (χ1) is 18.3. The van der Waals surface area contributed by atoms with Crippen LogP contribution in [0.25, 0.3) is 11.1 Å². The van der Waals surface area contributed by atoms with Gasteiger partial charge in [0.05, 0.1) is 18.5 Å². The Morgan fingerprint density at radius 3 is 2.45 bits per heavy atom. The third kappa shape index (κ3) is 6.62. The molecule has 4 rings (SSSR count). The second kappa shape index (κ2) is 12.3. The molecular weight excluding hydrogens is 498 g/mol. The third-order valence-electron chi connectivity index (χ3n) is 6.55. The van der Waals surface area contributed by atoms with E-state index in [9.17, 15) is 18.0 Å². The molecule has 38 heavy (non-hydrogen) atoms. The van der Waals surface area contributed by atoms with Gasteiger partial charge in [-0.25, -0.2) is 13.4 Å². The van der Waals surface area contributed by atoms with Gasteiger partial charge >= 0.3 is 0 Å². The van der Waals surface area contributed by atoms with Gasteiger partial charge in [0, 0.05) is 12.7 Å². The molecule has 1 N–H and O–H groups in total. The minimum Gasteiger partial charge on any atom is -0.345 e. The van der Waals surface area contributed by atoms with Gasteiger partial charge in [0.25, 0.3) is 10.0 Å². The van der Waals surface area contributed by atoms with E-state index in [0.717, 1.165) is 21.0 Å². The van der Waals surface area contributed by atoms with Crippen molar-refractivity contribution in [3.8, 4) is 11.1 Å². The highest BCUT2D eigenvalue weighted by molar-refractivity contribution is 7.89. The number of carbonyl (C=O) groups is 2. The molecule has 2 aromatic carbocycles. The highest BCUT2D eigenvalue weighted by atomic mass is 32.2. The molecule has 0 saturated heterocycles. The number of nitrogens with one attached hydrogen (secondary N) is 1. The van der Waals surface area contributed by atoms with Gasteiger partial charge in [-0.3, -0.25) is 9.59 Å². The summed E-state index contributed by atoms with van der Waals surface area (Å²) in [7, 11) is -3.96. The van der Waals surface area contributed by atoms with E-state index < -0.39 is 22.0 Å². The van der Waals surface area contributed by atoms with E-state index in [-0.39, 0.29) is 35.7 Å². The Balaban J connectivity index is 1.54. The number of aromatic nitrogens is 1. The topological polar surface area (TPSA) is 96.4 Å². The van der Waals surface area contributed by atoms with E-state index in [1.165, 1.54) is 12.3 Å². The smallest absolute Gasteiger partial charge is 0.261 e. The lowest BCUT2D eigenvalue weighted by atomic mass is 9.87. The molecule has 7 nitrogen and oxygen atoms in total. The van der Waals surface area contributed by atoms with Crippen molar-refractivity contribution in [2.75, 3.05) is 13.1 Å². The third-order valence-corrected chi connectivity index (χ3v) is 8.27. The zero-order valence-corrected chi connectivity index (χ0v) is 22.5. The molecule has 0 spiro atoms. The van der Waals surface area contributed by atoms with Crippen molar-refractivity contribution in [2.24, 2.45) is 5.92 Å². The quantitative estimate of drug-likeness (QED) is 0.429. The van der Waals surface area contributed by atoms with Crippen molar-refractivity contribution in [2.45, 2.75) is 43.7 Å². The number of amides is 1. The van der Waals surface area contributed by atoms with Gasteiger partial charge in [-0.05, 0) is 47.6 Å². The summed E-state index contributed by atoms with van der Waals surface area (Å²) >= 11 is 0. The largest absolute Gasteiger partial charge is 0.345 e. The van der Waals surface area contributed by atoms with E-state index in [0.29, 0.717) is 12.8 Å². The minimum atomic E-state index is -3.96. The van der Waals surface area contributed by atoms with Crippen LogP contribution in [0.15, 0.2) is 96.2 Å². The molecule has 1 aliphatic heterocycles. The molecule has 198 valence electrons. The molecule has 0 fully saturated rings. The van der Waals surface area contributed by atoms with Crippen molar-refractivity contribution < 1.29 is 18.0 Å². The summed E-state index contributed by atoms with van der Waals surface area (Å²) in [4.78, 5) is 30.8. The van der Waals surface area contributed by atoms with Crippen LogP contribution in [0.2, 0.25) is 0 Å². The number of benzene rings is 2. The monoisotopic (exact) mass is 531 g/mol. The first-order valence-electron chi connectivity index (χ1n) is 12.8.